The summed E-state index contributed by atoms with van der Waals surface area (Å²) >= 11 is 6.43. The van der Waals surface area contributed by atoms with Crippen molar-refractivity contribution in [3.05, 3.63) is 107 Å². The van der Waals surface area contributed by atoms with Crippen molar-refractivity contribution >= 4 is 51.8 Å². The molecular formula is C32H22ClFN2O5. The summed E-state index contributed by atoms with van der Waals surface area (Å²) in [5.41, 5.74) is 2.24. The molecule has 0 spiro atoms. The van der Waals surface area contributed by atoms with E-state index in [1.54, 1.807) is 48.5 Å². The molecule has 2 atom stereocenters. The van der Waals surface area contributed by atoms with Gasteiger partial charge in [0.15, 0.2) is 12.4 Å². The van der Waals surface area contributed by atoms with Crippen LogP contribution in [-0.4, -0.2) is 35.2 Å². The number of anilines is 1. The second-order valence-corrected chi connectivity index (χ2v) is 10.3. The highest BCUT2D eigenvalue weighted by Gasteiger charge is 2.47. The topological polar surface area (TPSA) is 93.6 Å². The van der Waals surface area contributed by atoms with E-state index in [4.69, 9.17) is 16.3 Å². The number of aromatic nitrogens is 1. The third-order valence-electron chi connectivity index (χ3n) is 7.44. The first-order chi connectivity index (χ1) is 19.8. The standard InChI is InChI=1S/C32H22ClFN2O5/c33-26-7-3-6-22-25(32(40)41-17-28(37)19-8-12-20(34)13-9-19)16-27(35-29(22)26)18-10-14-21(15-11-18)36-30(38)23-4-1-2-5-24(23)31(36)39/h1-3,6-16,23-24H,4-5,17H2/t23-,24+. The highest BCUT2D eigenvalue weighted by molar-refractivity contribution is 6.35. The summed E-state index contributed by atoms with van der Waals surface area (Å²) in [6.07, 6.45) is 4.99. The van der Waals surface area contributed by atoms with Gasteiger partial charge in [0.25, 0.3) is 0 Å². The Morgan fingerprint density at radius 1 is 0.927 bits per heavy atom. The summed E-state index contributed by atoms with van der Waals surface area (Å²) in [6.45, 7) is -0.533. The van der Waals surface area contributed by atoms with Gasteiger partial charge in [-0.3, -0.25) is 19.3 Å². The number of carbonyl (C=O) groups excluding carboxylic acids is 4. The van der Waals surface area contributed by atoms with Crippen molar-refractivity contribution in [2.45, 2.75) is 12.8 Å². The number of nitrogens with zero attached hydrogens (tertiary/aromatic N) is 2. The number of allylic oxidation sites excluding steroid dienone is 2. The van der Waals surface area contributed by atoms with E-state index in [1.807, 2.05) is 12.2 Å². The monoisotopic (exact) mass is 568 g/mol. The molecule has 3 aromatic carbocycles. The molecule has 0 unspecified atom stereocenters. The predicted molar refractivity (Wildman–Crippen MR) is 151 cm³/mol. The van der Waals surface area contributed by atoms with E-state index in [1.165, 1.54) is 17.0 Å². The molecule has 2 aliphatic rings. The molecule has 2 heterocycles. The number of hydrogen-bond donors (Lipinski definition) is 0. The molecule has 1 saturated heterocycles. The molecular weight excluding hydrogens is 547 g/mol. The van der Waals surface area contributed by atoms with Crippen LogP contribution in [0.4, 0.5) is 10.1 Å². The van der Waals surface area contributed by atoms with Crippen LogP contribution in [-0.2, 0) is 14.3 Å². The summed E-state index contributed by atoms with van der Waals surface area (Å²) in [7, 11) is 0. The van der Waals surface area contributed by atoms with E-state index in [0.717, 1.165) is 12.1 Å². The highest BCUT2D eigenvalue weighted by Crippen LogP contribution is 2.38. The number of rotatable bonds is 6. The Bertz CT molecular complexity index is 1720. The van der Waals surface area contributed by atoms with E-state index in [-0.39, 0.29) is 34.8 Å². The molecule has 1 aliphatic carbocycles. The number of pyridine rings is 1. The molecule has 2 amide bonds. The van der Waals surface area contributed by atoms with Gasteiger partial charge in [0.1, 0.15) is 5.82 Å². The molecule has 41 heavy (non-hydrogen) atoms. The number of benzene rings is 3. The smallest absolute Gasteiger partial charge is 0.339 e. The molecule has 204 valence electrons. The number of ether oxygens (including phenoxy) is 1. The quantitative estimate of drug-likeness (QED) is 0.119. The zero-order chi connectivity index (χ0) is 28.7. The van der Waals surface area contributed by atoms with Crippen LogP contribution in [0.3, 0.4) is 0 Å². The fraction of sp³-hybridized carbons (Fsp3) is 0.156. The summed E-state index contributed by atoms with van der Waals surface area (Å²) < 4.78 is 18.5. The minimum atomic E-state index is -0.752. The fourth-order valence-corrected chi connectivity index (χ4v) is 5.51. The molecule has 0 bridgehead atoms. The molecule has 7 nitrogen and oxygen atoms in total. The third kappa shape index (κ3) is 4.91. The number of carbonyl (C=O) groups is 4. The van der Waals surface area contributed by atoms with Crippen LogP contribution >= 0.6 is 11.6 Å². The Morgan fingerprint density at radius 2 is 1.59 bits per heavy atom. The summed E-state index contributed by atoms with van der Waals surface area (Å²) in [5.74, 6) is -2.78. The number of ketones is 1. The largest absolute Gasteiger partial charge is 0.454 e. The van der Waals surface area contributed by atoms with Gasteiger partial charge in [-0.2, -0.15) is 0 Å². The molecule has 9 heteroatoms. The van der Waals surface area contributed by atoms with Crippen molar-refractivity contribution in [1.82, 2.24) is 4.98 Å². The number of halogens is 2. The van der Waals surface area contributed by atoms with E-state index >= 15 is 0 Å². The molecule has 1 aromatic heterocycles. The number of hydrogen-bond acceptors (Lipinski definition) is 6. The second-order valence-electron chi connectivity index (χ2n) is 9.91. The molecule has 4 aromatic rings. The Labute approximate surface area is 239 Å². The molecule has 6 rings (SSSR count). The van der Waals surface area contributed by atoms with Crippen molar-refractivity contribution < 1.29 is 28.3 Å². The summed E-state index contributed by atoms with van der Waals surface area (Å²) in [6, 6.07) is 18.3. The van der Waals surface area contributed by atoms with Crippen molar-refractivity contribution in [2.75, 3.05) is 11.5 Å². The summed E-state index contributed by atoms with van der Waals surface area (Å²) in [5, 5.41) is 0.767. The predicted octanol–water partition coefficient (Wildman–Crippen LogP) is 6.19. The van der Waals surface area contributed by atoms with Crippen LogP contribution < -0.4 is 4.90 Å². The lowest BCUT2D eigenvalue weighted by Crippen LogP contribution is -2.30. The van der Waals surface area contributed by atoms with Gasteiger partial charge in [0.2, 0.25) is 11.8 Å². The first-order valence-corrected chi connectivity index (χ1v) is 13.4. The van der Waals surface area contributed by atoms with Gasteiger partial charge in [0.05, 0.1) is 39.3 Å². The number of Topliss-reactive ketones (excluding diaryl/α,β-unsaturated/α-hetero) is 1. The number of esters is 1. The maximum Gasteiger partial charge on any atom is 0.339 e. The Kier molecular flexibility index (Phi) is 6.93. The highest BCUT2D eigenvalue weighted by atomic mass is 35.5. The van der Waals surface area contributed by atoms with Crippen LogP contribution in [0.25, 0.3) is 22.2 Å². The van der Waals surface area contributed by atoms with Gasteiger partial charge >= 0.3 is 5.97 Å². The summed E-state index contributed by atoms with van der Waals surface area (Å²) in [4.78, 5) is 57.5. The number of para-hydroxylation sites is 1. The lowest BCUT2D eigenvalue weighted by molar-refractivity contribution is -0.122. The van der Waals surface area contributed by atoms with Gasteiger partial charge < -0.3 is 4.74 Å². The average molecular weight is 569 g/mol. The maximum atomic E-state index is 13.2. The van der Waals surface area contributed by atoms with E-state index in [9.17, 15) is 23.6 Å². The van der Waals surface area contributed by atoms with Crippen molar-refractivity contribution in [2.24, 2.45) is 11.8 Å². The number of amides is 2. The Balaban J connectivity index is 1.29. The molecule has 1 aliphatic heterocycles. The van der Waals surface area contributed by atoms with Gasteiger partial charge in [0, 0.05) is 16.5 Å². The molecule has 0 N–H and O–H groups in total. The Morgan fingerprint density at radius 3 is 2.24 bits per heavy atom. The van der Waals surface area contributed by atoms with Crippen LogP contribution in [0.2, 0.25) is 5.02 Å². The van der Waals surface area contributed by atoms with Gasteiger partial charge in [-0.15, -0.1) is 0 Å². The number of imide groups is 1. The zero-order valence-corrected chi connectivity index (χ0v) is 22.3. The van der Waals surface area contributed by atoms with Crippen LogP contribution in [0.15, 0.2) is 84.9 Å². The first kappa shape index (κ1) is 26.5. The first-order valence-electron chi connectivity index (χ1n) is 13.0. The maximum absolute atomic E-state index is 13.2. The minimum absolute atomic E-state index is 0.157. The van der Waals surface area contributed by atoms with E-state index in [2.05, 4.69) is 4.98 Å². The molecule has 0 radical (unpaired) electrons. The Hall–Kier alpha value is -4.69. The van der Waals surface area contributed by atoms with Crippen molar-refractivity contribution in [3.63, 3.8) is 0 Å². The van der Waals surface area contributed by atoms with E-state index in [0.29, 0.717) is 45.7 Å². The van der Waals surface area contributed by atoms with Crippen molar-refractivity contribution in [1.29, 1.82) is 0 Å². The normalized spacial score (nSPS) is 18.0. The molecule has 0 saturated carbocycles. The van der Waals surface area contributed by atoms with Gasteiger partial charge in [-0.1, -0.05) is 48.0 Å². The van der Waals surface area contributed by atoms with Crippen LogP contribution in [0.1, 0.15) is 33.6 Å². The molecule has 1 fully saturated rings. The zero-order valence-electron chi connectivity index (χ0n) is 21.6. The SMILES string of the molecule is O=C(COC(=O)c1cc(-c2ccc(N3C(=O)[C@H]4CC=CC[C@H]4C3=O)cc2)nc2c(Cl)cccc12)c1ccc(F)cc1. The minimum Gasteiger partial charge on any atom is -0.454 e. The van der Waals surface area contributed by atoms with Gasteiger partial charge in [-0.05, 0) is 61.4 Å². The second kappa shape index (κ2) is 10.7. The lowest BCUT2D eigenvalue weighted by atomic mass is 9.85. The van der Waals surface area contributed by atoms with Crippen LogP contribution in [0, 0.1) is 17.7 Å². The average Bonchev–Trinajstić information content (AvgIpc) is 3.25. The van der Waals surface area contributed by atoms with Crippen LogP contribution in [0.5, 0.6) is 0 Å². The van der Waals surface area contributed by atoms with Crippen molar-refractivity contribution in [3.8, 4) is 11.3 Å². The van der Waals surface area contributed by atoms with E-state index < -0.39 is 24.2 Å². The fourth-order valence-electron chi connectivity index (χ4n) is 5.29. The van der Waals surface area contributed by atoms with Gasteiger partial charge in [-0.25, -0.2) is 14.2 Å². The number of fused-ring (bicyclic) bond motifs is 2. The lowest BCUT2D eigenvalue weighted by Gasteiger charge is -2.16. The third-order valence-corrected chi connectivity index (χ3v) is 7.74.